The van der Waals surface area contributed by atoms with Gasteiger partial charge in [0.1, 0.15) is 19.0 Å². The van der Waals surface area contributed by atoms with Crippen LogP contribution >= 0.6 is 35.0 Å². The van der Waals surface area contributed by atoms with Gasteiger partial charge in [0.2, 0.25) is 0 Å². The Morgan fingerprint density at radius 3 is 2.27 bits per heavy atom. The summed E-state index contributed by atoms with van der Waals surface area (Å²) in [5.74, 6) is 1.59. The second kappa shape index (κ2) is 13.0. The minimum atomic E-state index is -0.250. The molecule has 1 aliphatic heterocycles. The predicted octanol–water partition coefficient (Wildman–Crippen LogP) is 8.05. The van der Waals surface area contributed by atoms with Crippen LogP contribution in [0.25, 0.3) is 6.08 Å². The molecule has 0 radical (unpaired) electrons. The van der Waals surface area contributed by atoms with Gasteiger partial charge in [-0.05, 0) is 83.6 Å². The average Bonchev–Trinajstić information content (AvgIpc) is 3.31. The molecule has 1 aliphatic rings. The summed E-state index contributed by atoms with van der Waals surface area (Å²) >= 11 is 13.5. The molecule has 9 heteroatoms. The number of nitrogens with zero attached hydrogens (tertiary/aromatic N) is 1. The lowest BCUT2D eigenvalue weighted by Crippen LogP contribution is -2.19. The third kappa shape index (κ3) is 7.18. The van der Waals surface area contributed by atoms with Crippen LogP contribution in [0.15, 0.2) is 101 Å². The first-order valence-electron chi connectivity index (χ1n) is 12.3. The van der Waals surface area contributed by atoms with Crippen LogP contribution in [0.1, 0.15) is 16.7 Å². The number of carbonyl (C=O) groups is 1. The van der Waals surface area contributed by atoms with Gasteiger partial charge >= 0.3 is 0 Å². The first kappa shape index (κ1) is 27.6. The molecule has 4 aromatic carbocycles. The third-order valence-corrected chi connectivity index (χ3v) is 7.22. The number of aliphatic imine (C=N–C) groups is 1. The van der Waals surface area contributed by atoms with Gasteiger partial charge < -0.3 is 19.5 Å². The second-order valence-corrected chi connectivity index (χ2v) is 10.6. The minimum Gasteiger partial charge on any atom is -0.493 e. The van der Waals surface area contributed by atoms with Crippen LogP contribution in [0.2, 0.25) is 10.0 Å². The van der Waals surface area contributed by atoms with E-state index in [1.165, 1.54) is 11.8 Å². The lowest BCUT2D eigenvalue weighted by Gasteiger charge is -2.14. The van der Waals surface area contributed by atoms with E-state index >= 15 is 0 Å². The number of amidine groups is 1. The molecule has 0 saturated carbocycles. The van der Waals surface area contributed by atoms with Gasteiger partial charge in [-0.2, -0.15) is 0 Å². The monoisotopic (exact) mass is 590 g/mol. The summed E-state index contributed by atoms with van der Waals surface area (Å²) < 4.78 is 17.7. The maximum absolute atomic E-state index is 12.7. The topological polar surface area (TPSA) is 69.2 Å². The van der Waals surface area contributed by atoms with Crippen molar-refractivity contribution in [3.8, 4) is 17.2 Å². The largest absolute Gasteiger partial charge is 0.493 e. The molecule has 4 aromatic rings. The molecule has 5 rings (SSSR count). The van der Waals surface area contributed by atoms with Gasteiger partial charge in [-0.15, -0.1) is 0 Å². The normalized spacial score (nSPS) is 14.8. The standard InChI is InChI=1S/C31H24Cl2N2O4S/c1-37-28-15-21(7-13-27(28)39-18-20-5-3-2-4-6-20)19-38-26-14-10-24(33)16-22(26)17-29-30(36)35-31(40-29)34-25-11-8-23(32)9-12-25/h2-17H,18-19H2,1H3,(H,34,35,36)/b29-17+. The molecule has 1 N–H and O–H groups in total. The van der Waals surface area contributed by atoms with Crippen molar-refractivity contribution in [1.82, 2.24) is 5.32 Å². The number of methoxy groups -OCH3 is 1. The predicted molar refractivity (Wildman–Crippen MR) is 162 cm³/mol. The molecule has 0 bridgehead atoms. The Labute approximate surface area is 246 Å². The SMILES string of the molecule is COc1cc(COc2ccc(Cl)cc2/C=C2/SC(=Nc3ccc(Cl)cc3)NC2=O)ccc1OCc1ccccc1. The summed E-state index contributed by atoms with van der Waals surface area (Å²) in [6.07, 6.45) is 1.74. The van der Waals surface area contributed by atoms with Crippen molar-refractivity contribution in [3.63, 3.8) is 0 Å². The molecule has 0 spiro atoms. The molecule has 6 nitrogen and oxygen atoms in total. The van der Waals surface area contributed by atoms with Crippen LogP contribution < -0.4 is 19.5 Å². The van der Waals surface area contributed by atoms with Crippen molar-refractivity contribution >= 4 is 57.8 Å². The van der Waals surface area contributed by atoms with Gasteiger partial charge in [-0.1, -0.05) is 59.6 Å². The zero-order valence-electron chi connectivity index (χ0n) is 21.4. The smallest absolute Gasteiger partial charge is 0.264 e. The Hall–Kier alpha value is -3.91. The maximum Gasteiger partial charge on any atom is 0.264 e. The Kier molecular flexibility index (Phi) is 8.96. The molecule has 0 aromatic heterocycles. The van der Waals surface area contributed by atoms with Crippen LogP contribution in [0, 0.1) is 0 Å². The zero-order chi connectivity index (χ0) is 27.9. The van der Waals surface area contributed by atoms with Gasteiger partial charge in [0.05, 0.1) is 17.7 Å². The molecule has 40 heavy (non-hydrogen) atoms. The maximum atomic E-state index is 12.7. The summed E-state index contributed by atoms with van der Waals surface area (Å²) in [7, 11) is 1.60. The average molecular weight is 592 g/mol. The Morgan fingerprint density at radius 1 is 0.800 bits per heavy atom. The first-order valence-corrected chi connectivity index (χ1v) is 13.9. The molecular formula is C31H24Cl2N2O4S. The third-order valence-electron chi connectivity index (χ3n) is 5.83. The van der Waals surface area contributed by atoms with E-state index in [9.17, 15) is 4.79 Å². The fourth-order valence-electron chi connectivity index (χ4n) is 3.84. The van der Waals surface area contributed by atoms with Crippen LogP contribution in [0.5, 0.6) is 17.2 Å². The fraction of sp³-hybridized carbons (Fsp3) is 0.0968. The number of rotatable bonds is 9. The molecular weight excluding hydrogens is 567 g/mol. The van der Waals surface area contributed by atoms with Gasteiger partial charge in [-0.25, -0.2) is 4.99 Å². The lowest BCUT2D eigenvalue weighted by molar-refractivity contribution is -0.115. The van der Waals surface area contributed by atoms with E-state index in [1.54, 1.807) is 55.7 Å². The van der Waals surface area contributed by atoms with Gasteiger partial charge in [0.25, 0.3) is 5.91 Å². The quantitative estimate of drug-likeness (QED) is 0.200. The lowest BCUT2D eigenvalue weighted by atomic mass is 10.1. The van der Waals surface area contributed by atoms with Gasteiger partial charge in [-0.3, -0.25) is 4.79 Å². The van der Waals surface area contributed by atoms with Crippen molar-refractivity contribution < 1.29 is 19.0 Å². The number of halogens is 2. The van der Waals surface area contributed by atoms with Crippen LogP contribution in [-0.2, 0) is 18.0 Å². The zero-order valence-corrected chi connectivity index (χ0v) is 23.7. The number of hydrogen-bond acceptors (Lipinski definition) is 6. The molecule has 0 aliphatic carbocycles. The van der Waals surface area contributed by atoms with Crippen molar-refractivity contribution in [2.24, 2.45) is 4.99 Å². The number of ether oxygens (including phenoxy) is 3. The number of benzene rings is 4. The highest BCUT2D eigenvalue weighted by atomic mass is 35.5. The van der Waals surface area contributed by atoms with Crippen LogP contribution in [-0.4, -0.2) is 18.2 Å². The van der Waals surface area contributed by atoms with E-state index in [2.05, 4.69) is 10.3 Å². The number of carbonyl (C=O) groups excluding carboxylic acids is 1. The summed E-state index contributed by atoms with van der Waals surface area (Å²) in [5.41, 5.74) is 3.32. The summed E-state index contributed by atoms with van der Waals surface area (Å²) in [6.45, 7) is 0.712. The Balaban J connectivity index is 1.29. The molecule has 202 valence electrons. The van der Waals surface area contributed by atoms with E-state index in [-0.39, 0.29) is 12.5 Å². The molecule has 1 fully saturated rings. The highest BCUT2D eigenvalue weighted by Crippen LogP contribution is 2.33. The Bertz CT molecular complexity index is 1570. The van der Waals surface area contributed by atoms with E-state index in [4.69, 9.17) is 37.4 Å². The van der Waals surface area contributed by atoms with E-state index in [1.807, 2.05) is 48.5 Å². The molecule has 1 amide bonds. The molecule has 0 atom stereocenters. The number of hydrogen-bond donors (Lipinski definition) is 1. The van der Waals surface area contributed by atoms with E-state index in [0.29, 0.717) is 55.2 Å². The van der Waals surface area contributed by atoms with Gasteiger partial charge in [0, 0.05) is 15.6 Å². The number of thioether (sulfide) groups is 1. The molecule has 0 unspecified atom stereocenters. The van der Waals surface area contributed by atoms with E-state index in [0.717, 1.165) is 11.1 Å². The minimum absolute atomic E-state index is 0.250. The van der Waals surface area contributed by atoms with Crippen molar-refractivity contribution in [2.45, 2.75) is 13.2 Å². The van der Waals surface area contributed by atoms with Crippen LogP contribution in [0.4, 0.5) is 5.69 Å². The van der Waals surface area contributed by atoms with Crippen molar-refractivity contribution in [1.29, 1.82) is 0 Å². The number of amides is 1. The van der Waals surface area contributed by atoms with Crippen molar-refractivity contribution in [2.75, 3.05) is 7.11 Å². The van der Waals surface area contributed by atoms with Gasteiger partial charge in [0.15, 0.2) is 16.7 Å². The highest BCUT2D eigenvalue weighted by Gasteiger charge is 2.24. The van der Waals surface area contributed by atoms with Crippen LogP contribution in [0.3, 0.4) is 0 Å². The summed E-state index contributed by atoms with van der Waals surface area (Å²) in [4.78, 5) is 17.6. The van der Waals surface area contributed by atoms with E-state index < -0.39 is 0 Å². The highest BCUT2D eigenvalue weighted by molar-refractivity contribution is 8.18. The Morgan fingerprint density at radius 2 is 1.50 bits per heavy atom. The molecule has 1 saturated heterocycles. The summed E-state index contributed by atoms with van der Waals surface area (Å²) in [5, 5.41) is 4.41. The summed E-state index contributed by atoms with van der Waals surface area (Å²) in [6, 6.07) is 28.0. The fourth-order valence-corrected chi connectivity index (χ4v) is 4.97. The second-order valence-electron chi connectivity index (χ2n) is 8.69. The van der Waals surface area contributed by atoms with Crippen molar-refractivity contribution in [3.05, 3.63) is 123 Å². The molecule has 1 heterocycles. The number of nitrogens with one attached hydrogen (secondary N) is 1. The first-order chi connectivity index (χ1) is 19.5.